The van der Waals surface area contributed by atoms with Gasteiger partial charge >= 0.3 is 0 Å². The molecule has 3 heteroatoms. The van der Waals surface area contributed by atoms with Gasteiger partial charge in [0.1, 0.15) is 6.29 Å². The number of aldehydes is 1. The molecule has 66 valence electrons. The van der Waals surface area contributed by atoms with Gasteiger partial charge in [-0.1, -0.05) is 0 Å². The second-order valence-corrected chi connectivity index (χ2v) is 5.87. The molecule has 0 bridgehead atoms. The van der Waals surface area contributed by atoms with Crippen molar-refractivity contribution in [1.29, 1.82) is 0 Å². The summed E-state index contributed by atoms with van der Waals surface area (Å²) in [5.41, 5.74) is 1.95. The molecule has 0 aliphatic rings. The van der Waals surface area contributed by atoms with E-state index in [1.54, 1.807) is 11.3 Å². The Balaban J connectivity index is 2.82. The minimum Gasteiger partial charge on any atom is -0.298 e. The van der Waals surface area contributed by atoms with Crippen LogP contribution in [0.25, 0.3) is 10.1 Å². The summed E-state index contributed by atoms with van der Waals surface area (Å²) in [4.78, 5) is 10.6. The highest BCUT2D eigenvalue weighted by atomic mass is 127. The molecule has 0 radical (unpaired) electrons. The van der Waals surface area contributed by atoms with Crippen LogP contribution in [0, 0.1) is 9.81 Å². The molecule has 0 saturated carbocycles. The lowest BCUT2D eigenvalue weighted by Gasteiger charge is -1.96. The first-order valence-corrected chi connectivity index (χ1v) is 5.75. The van der Waals surface area contributed by atoms with Crippen LogP contribution < -0.4 is 0 Å². The number of hydrogen-bond acceptors (Lipinski definition) is 2. The largest absolute Gasteiger partial charge is 0.298 e. The first kappa shape index (κ1) is 9.15. The maximum Gasteiger partial charge on any atom is 0.150 e. The molecule has 0 spiro atoms. The summed E-state index contributed by atoms with van der Waals surface area (Å²) in [5, 5.41) is 1.18. The molecule has 1 nitrogen and oxygen atoms in total. The van der Waals surface area contributed by atoms with Gasteiger partial charge in [-0.3, -0.25) is 4.79 Å². The van der Waals surface area contributed by atoms with Crippen molar-refractivity contribution >= 4 is 50.3 Å². The molecule has 1 aromatic carbocycles. The van der Waals surface area contributed by atoms with Crippen LogP contribution in [0.1, 0.15) is 15.9 Å². The number of thiophene rings is 1. The molecule has 2 rings (SSSR count). The van der Waals surface area contributed by atoms with Gasteiger partial charge in [-0.25, -0.2) is 0 Å². The van der Waals surface area contributed by atoms with Crippen LogP contribution >= 0.6 is 33.9 Å². The van der Waals surface area contributed by atoms with Crippen LogP contribution in [0.15, 0.2) is 18.2 Å². The van der Waals surface area contributed by atoms with E-state index >= 15 is 0 Å². The van der Waals surface area contributed by atoms with Crippen molar-refractivity contribution in [3.63, 3.8) is 0 Å². The Kier molecular flexibility index (Phi) is 2.38. The van der Waals surface area contributed by atoms with Crippen LogP contribution in [0.4, 0.5) is 0 Å². The SMILES string of the molecule is Cc1cc(C=O)cc2cc(I)sc12. The van der Waals surface area contributed by atoms with Crippen LogP contribution in [0.2, 0.25) is 0 Å². The van der Waals surface area contributed by atoms with Crippen LogP contribution in [0.5, 0.6) is 0 Å². The highest BCUT2D eigenvalue weighted by Gasteiger charge is 2.03. The minimum absolute atomic E-state index is 0.763. The molecule has 1 aromatic heterocycles. The van der Waals surface area contributed by atoms with Crippen molar-refractivity contribution in [2.75, 3.05) is 0 Å². The Morgan fingerprint density at radius 2 is 2.15 bits per heavy atom. The number of carbonyl (C=O) groups excluding carboxylic acids is 1. The molecule has 0 saturated heterocycles. The third-order valence-corrected chi connectivity index (χ3v) is 3.98. The second-order valence-electron chi connectivity index (χ2n) is 2.92. The molecule has 0 aliphatic heterocycles. The van der Waals surface area contributed by atoms with Crippen molar-refractivity contribution in [2.45, 2.75) is 6.92 Å². The monoisotopic (exact) mass is 302 g/mol. The van der Waals surface area contributed by atoms with Gasteiger partial charge in [-0.15, -0.1) is 11.3 Å². The van der Waals surface area contributed by atoms with Crippen molar-refractivity contribution in [1.82, 2.24) is 0 Å². The van der Waals surface area contributed by atoms with Gasteiger partial charge in [0, 0.05) is 10.3 Å². The zero-order valence-electron chi connectivity index (χ0n) is 7.00. The number of benzene rings is 1. The molecule has 0 aliphatic carbocycles. The van der Waals surface area contributed by atoms with Crippen molar-refractivity contribution in [3.05, 3.63) is 32.2 Å². The third kappa shape index (κ3) is 1.62. The van der Waals surface area contributed by atoms with Gasteiger partial charge < -0.3 is 0 Å². The summed E-state index contributed by atoms with van der Waals surface area (Å²) in [6.45, 7) is 2.04. The van der Waals surface area contributed by atoms with Gasteiger partial charge in [0.2, 0.25) is 0 Å². The number of carbonyl (C=O) groups is 1. The fourth-order valence-electron chi connectivity index (χ4n) is 1.39. The minimum atomic E-state index is 0.763. The Labute approximate surface area is 93.9 Å². The Hall–Kier alpha value is -0.420. The van der Waals surface area contributed by atoms with Gasteiger partial charge in [0.05, 0.1) is 2.88 Å². The Morgan fingerprint density at radius 3 is 2.85 bits per heavy atom. The van der Waals surface area contributed by atoms with Gasteiger partial charge in [-0.2, -0.15) is 0 Å². The van der Waals surface area contributed by atoms with Crippen molar-refractivity contribution < 1.29 is 4.79 Å². The summed E-state index contributed by atoms with van der Waals surface area (Å²) in [7, 11) is 0. The number of hydrogen-bond donors (Lipinski definition) is 0. The predicted octanol–water partition coefficient (Wildman–Crippen LogP) is 3.63. The molecule has 0 N–H and O–H groups in total. The zero-order valence-corrected chi connectivity index (χ0v) is 9.98. The van der Waals surface area contributed by atoms with Gasteiger partial charge in [0.25, 0.3) is 0 Å². The standard InChI is InChI=1S/C10H7IOS/c1-6-2-7(5-12)3-8-4-9(11)13-10(6)8/h2-5H,1H3. The van der Waals surface area contributed by atoms with Crippen molar-refractivity contribution in [2.24, 2.45) is 0 Å². The van der Waals surface area contributed by atoms with E-state index in [1.807, 2.05) is 19.1 Å². The average molecular weight is 302 g/mol. The fourth-order valence-corrected chi connectivity index (χ4v) is 3.23. The summed E-state index contributed by atoms with van der Waals surface area (Å²) in [5.74, 6) is 0. The number of rotatable bonds is 1. The number of fused-ring (bicyclic) bond motifs is 1. The fraction of sp³-hybridized carbons (Fsp3) is 0.100. The number of aryl methyl sites for hydroxylation is 1. The summed E-state index contributed by atoms with van der Waals surface area (Å²) in [6.07, 6.45) is 0.900. The Bertz CT molecular complexity index is 473. The highest BCUT2D eigenvalue weighted by Crippen LogP contribution is 2.30. The van der Waals surface area contributed by atoms with E-state index in [9.17, 15) is 4.79 Å². The lowest BCUT2D eigenvalue weighted by Crippen LogP contribution is -1.80. The molecule has 0 unspecified atom stereocenters. The molecule has 2 aromatic rings. The number of halogens is 1. The lowest BCUT2D eigenvalue weighted by molar-refractivity contribution is 0.112. The third-order valence-electron chi connectivity index (χ3n) is 1.93. The normalized spacial score (nSPS) is 10.6. The van der Waals surface area contributed by atoms with E-state index in [0.717, 1.165) is 11.8 Å². The zero-order chi connectivity index (χ0) is 9.42. The summed E-state index contributed by atoms with van der Waals surface area (Å²) in [6, 6.07) is 5.98. The van der Waals surface area contributed by atoms with Gasteiger partial charge in [0.15, 0.2) is 0 Å². The van der Waals surface area contributed by atoms with Crippen LogP contribution in [-0.4, -0.2) is 6.29 Å². The average Bonchev–Trinajstić information content (AvgIpc) is 2.46. The van der Waals surface area contributed by atoms with E-state index in [1.165, 1.54) is 18.5 Å². The van der Waals surface area contributed by atoms with Crippen LogP contribution in [0.3, 0.4) is 0 Å². The molecule has 13 heavy (non-hydrogen) atoms. The van der Waals surface area contributed by atoms with Crippen LogP contribution in [-0.2, 0) is 0 Å². The molecule has 1 heterocycles. The van der Waals surface area contributed by atoms with E-state index < -0.39 is 0 Å². The molecule has 0 amide bonds. The first-order chi connectivity index (χ1) is 6.20. The quantitative estimate of drug-likeness (QED) is 0.581. The van der Waals surface area contributed by atoms with Gasteiger partial charge in [-0.05, 0) is 58.7 Å². The topological polar surface area (TPSA) is 17.1 Å². The maximum absolute atomic E-state index is 10.6. The lowest BCUT2D eigenvalue weighted by atomic mass is 10.1. The molecule has 0 fully saturated rings. The second kappa shape index (κ2) is 3.38. The maximum atomic E-state index is 10.6. The first-order valence-electron chi connectivity index (χ1n) is 3.85. The molecule has 0 atom stereocenters. The predicted molar refractivity (Wildman–Crippen MR) is 64.7 cm³/mol. The summed E-state index contributed by atoms with van der Waals surface area (Å²) < 4.78 is 2.55. The Morgan fingerprint density at radius 1 is 1.38 bits per heavy atom. The smallest absolute Gasteiger partial charge is 0.150 e. The van der Waals surface area contributed by atoms with E-state index in [0.29, 0.717) is 0 Å². The van der Waals surface area contributed by atoms with E-state index in [2.05, 4.69) is 28.7 Å². The summed E-state index contributed by atoms with van der Waals surface area (Å²) >= 11 is 4.07. The van der Waals surface area contributed by atoms with Crippen molar-refractivity contribution in [3.8, 4) is 0 Å². The molecular weight excluding hydrogens is 295 g/mol. The highest BCUT2D eigenvalue weighted by molar-refractivity contribution is 14.1. The van der Waals surface area contributed by atoms with E-state index in [4.69, 9.17) is 0 Å². The molecular formula is C10H7IOS. The van der Waals surface area contributed by atoms with E-state index in [-0.39, 0.29) is 0 Å².